The van der Waals surface area contributed by atoms with Crippen molar-refractivity contribution in [1.29, 1.82) is 0 Å². The molecule has 2 atom stereocenters. The molecule has 0 radical (unpaired) electrons. The Hall–Kier alpha value is -0.610. The van der Waals surface area contributed by atoms with Crippen molar-refractivity contribution in [2.45, 2.75) is 45.3 Å². The molecule has 1 heterocycles. The molecule has 0 aliphatic carbocycles. The van der Waals surface area contributed by atoms with Crippen molar-refractivity contribution in [3.8, 4) is 0 Å². The lowest BCUT2D eigenvalue weighted by Gasteiger charge is -2.23. The number of nitrogens with two attached hydrogens (primary N) is 1. The first kappa shape index (κ1) is 12.5. The van der Waals surface area contributed by atoms with Gasteiger partial charge in [0.15, 0.2) is 0 Å². The van der Waals surface area contributed by atoms with Gasteiger partial charge in [-0.15, -0.1) is 0 Å². The van der Waals surface area contributed by atoms with Crippen molar-refractivity contribution in [2.24, 2.45) is 11.7 Å². The summed E-state index contributed by atoms with van der Waals surface area (Å²) in [7, 11) is 0. The van der Waals surface area contributed by atoms with Crippen LogP contribution in [0.2, 0.25) is 0 Å². The van der Waals surface area contributed by atoms with Gasteiger partial charge >= 0.3 is 5.97 Å². The van der Waals surface area contributed by atoms with Crippen LogP contribution in [0.4, 0.5) is 0 Å². The van der Waals surface area contributed by atoms with Crippen LogP contribution in [0.25, 0.3) is 0 Å². The summed E-state index contributed by atoms with van der Waals surface area (Å²) in [6, 6.07) is 0. The standard InChI is InChI=1S/C11H21NO3/c1-8(2)6-9(3)15-10(13)11(12)4-5-14-7-11/h8-9H,4-7,12H2,1-3H3. The highest BCUT2D eigenvalue weighted by Gasteiger charge is 2.40. The van der Waals surface area contributed by atoms with E-state index < -0.39 is 5.54 Å². The lowest BCUT2D eigenvalue weighted by molar-refractivity contribution is -0.155. The monoisotopic (exact) mass is 215 g/mol. The van der Waals surface area contributed by atoms with E-state index in [2.05, 4.69) is 13.8 Å². The summed E-state index contributed by atoms with van der Waals surface area (Å²) in [4.78, 5) is 11.7. The van der Waals surface area contributed by atoms with Crippen LogP contribution in [0, 0.1) is 5.92 Å². The zero-order valence-electron chi connectivity index (χ0n) is 9.79. The molecule has 1 rings (SSSR count). The maximum atomic E-state index is 11.7. The highest BCUT2D eigenvalue weighted by molar-refractivity contribution is 5.81. The first-order valence-corrected chi connectivity index (χ1v) is 5.52. The second-order valence-electron chi connectivity index (χ2n) is 4.80. The van der Waals surface area contributed by atoms with Gasteiger partial charge in [0.25, 0.3) is 0 Å². The smallest absolute Gasteiger partial charge is 0.328 e. The zero-order chi connectivity index (χ0) is 11.5. The van der Waals surface area contributed by atoms with E-state index in [-0.39, 0.29) is 18.7 Å². The van der Waals surface area contributed by atoms with E-state index in [4.69, 9.17) is 15.2 Å². The molecule has 88 valence electrons. The summed E-state index contributed by atoms with van der Waals surface area (Å²) >= 11 is 0. The molecule has 1 aliphatic heterocycles. The molecule has 0 spiro atoms. The highest BCUT2D eigenvalue weighted by atomic mass is 16.6. The van der Waals surface area contributed by atoms with Crippen LogP contribution in [0.3, 0.4) is 0 Å². The maximum absolute atomic E-state index is 11.7. The molecule has 0 bridgehead atoms. The van der Waals surface area contributed by atoms with Crippen LogP contribution in [-0.2, 0) is 14.3 Å². The summed E-state index contributed by atoms with van der Waals surface area (Å²) < 4.78 is 10.4. The topological polar surface area (TPSA) is 61.5 Å². The molecule has 4 heteroatoms. The molecule has 4 nitrogen and oxygen atoms in total. The fourth-order valence-corrected chi connectivity index (χ4v) is 1.75. The Bertz CT molecular complexity index is 222. The second kappa shape index (κ2) is 4.94. The molecule has 0 aromatic carbocycles. The SMILES string of the molecule is CC(C)CC(C)OC(=O)C1(N)CCOC1. The van der Waals surface area contributed by atoms with Gasteiger partial charge in [-0.1, -0.05) is 13.8 Å². The summed E-state index contributed by atoms with van der Waals surface area (Å²) in [5, 5.41) is 0. The summed E-state index contributed by atoms with van der Waals surface area (Å²) in [5.41, 5.74) is 4.97. The minimum absolute atomic E-state index is 0.0708. The van der Waals surface area contributed by atoms with Crippen LogP contribution >= 0.6 is 0 Å². The molecule has 0 aromatic rings. The van der Waals surface area contributed by atoms with Gasteiger partial charge in [-0.25, -0.2) is 4.79 Å². The van der Waals surface area contributed by atoms with Crippen molar-refractivity contribution >= 4 is 5.97 Å². The zero-order valence-corrected chi connectivity index (χ0v) is 9.79. The predicted molar refractivity (Wildman–Crippen MR) is 57.4 cm³/mol. The van der Waals surface area contributed by atoms with Gasteiger partial charge in [-0.05, 0) is 19.3 Å². The van der Waals surface area contributed by atoms with Gasteiger partial charge in [0.2, 0.25) is 0 Å². The average molecular weight is 215 g/mol. The highest BCUT2D eigenvalue weighted by Crippen LogP contribution is 2.19. The number of carbonyl (C=O) groups is 1. The molecule has 0 aromatic heterocycles. The molecule has 1 fully saturated rings. The fraction of sp³-hybridized carbons (Fsp3) is 0.909. The molecule has 15 heavy (non-hydrogen) atoms. The van der Waals surface area contributed by atoms with E-state index in [1.165, 1.54) is 0 Å². The maximum Gasteiger partial charge on any atom is 0.328 e. The van der Waals surface area contributed by atoms with Crippen molar-refractivity contribution < 1.29 is 14.3 Å². The number of ether oxygens (including phenoxy) is 2. The molecule has 0 amide bonds. The van der Waals surface area contributed by atoms with Gasteiger partial charge in [-0.3, -0.25) is 0 Å². The first-order valence-electron chi connectivity index (χ1n) is 5.52. The summed E-state index contributed by atoms with van der Waals surface area (Å²) in [6.45, 7) is 6.92. The summed E-state index contributed by atoms with van der Waals surface area (Å²) in [6.07, 6.45) is 1.35. The number of hydrogen-bond acceptors (Lipinski definition) is 4. The molecular formula is C11H21NO3. The Morgan fingerprint density at radius 3 is 2.67 bits per heavy atom. The minimum atomic E-state index is -0.911. The number of carbonyl (C=O) groups excluding carboxylic acids is 1. The van der Waals surface area contributed by atoms with E-state index in [9.17, 15) is 4.79 Å². The Morgan fingerprint density at radius 2 is 2.20 bits per heavy atom. The first-order chi connectivity index (χ1) is 6.94. The largest absolute Gasteiger partial charge is 0.461 e. The fourth-order valence-electron chi connectivity index (χ4n) is 1.75. The van der Waals surface area contributed by atoms with E-state index in [0.29, 0.717) is 18.9 Å². The minimum Gasteiger partial charge on any atom is -0.461 e. The molecule has 2 unspecified atom stereocenters. The average Bonchev–Trinajstić information content (AvgIpc) is 2.51. The normalized spacial score (nSPS) is 28.1. The lowest BCUT2D eigenvalue weighted by atomic mass is 10.0. The predicted octanol–water partition coefficient (Wildman–Crippen LogP) is 1.08. The van der Waals surface area contributed by atoms with E-state index >= 15 is 0 Å². The molecule has 0 saturated carbocycles. The van der Waals surface area contributed by atoms with Gasteiger partial charge < -0.3 is 15.2 Å². The Morgan fingerprint density at radius 1 is 1.53 bits per heavy atom. The van der Waals surface area contributed by atoms with Gasteiger partial charge in [0, 0.05) is 13.0 Å². The Kier molecular flexibility index (Phi) is 4.11. The number of rotatable bonds is 4. The van der Waals surface area contributed by atoms with E-state index in [1.807, 2.05) is 6.92 Å². The Labute approximate surface area is 91.1 Å². The van der Waals surface area contributed by atoms with Gasteiger partial charge in [-0.2, -0.15) is 0 Å². The van der Waals surface area contributed by atoms with Gasteiger partial charge in [0.1, 0.15) is 5.54 Å². The van der Waals surface area contributed by atoms with Crippen molar-refractivity contribution in [2.75, 3.05) is 13.2 Å². The van der Waals surface area contributed by atoms with E-state index in [0.717, 1.165) is 6.42 Å². The van der Waals surface area contributed by atoms with Crippen LogP contribution in [-0.4, -0.2) is 30.8 Å². The van der Waals surface area contributed by atoms with Crippen LogP contribution in [0.1, 0.15) is 33.6 Å². The van der Waals surface area contributed by atoms with E-state index in [1.54, 1.807) is 0 Å². The third kappa shape index (κ3) is 3.47. The van der Waals surface area contributed by atoms with Crippen LogP contribution in [0.15, 0.2) is 0 Å². The van der Waals surface area contributed by atoms with Crippen molar-refractivity contribution in [3.05, 3.63) is 0 Å². The molecule has 1 saturated heterocycles. The van der Waals surface area contributed by atoms with Crippen LogP contribution < -0.4 is 5.73 Å². The van der Waals surface area contributed by atoms with Gasteiger partial charge in [0.05, 0.1) is 12.7 Å². The quantitative estimate of drug-likeness (QED) is 0.713. The van der Waals surface area contributed by atoms with Crippen molar-refractivity contribution in [1.82, 2.24) is 0 Å². The number of esters is 1. The third-order valence-corrected chi connectivity index (χ3v) is 2.57. The Balaban J connectivity index is 2.40. The summed E-state index contributed by atoms with van der Waals surface area (Å²) in [5.74, 6) is 0.189. The lowest BCUT2D eigenvalue weighted by Crippen LogP contribution is -2.50. The van der Waals surface area contributed by atoms with Crippen LogP contribution in [0.5, 0.6) is 0 Å². The molecule has 1 aliphatic rings. The third-order valence-electron chi connectivity index (χ3n) is 2.57. The molecular weight excluding hydrogens is 194 g/mol. The van der Waals surface area contributed by atoms with Crippen molar-refractivity contribution in [3.63, 3.8) is 0 Å². The second-order valence-corrected chi connectivity index (χ2v) is 4.80. The number of hydrogen-bond donors (Lipinski definition) is 1. The molecule has 2 N–H and O–H groups in total.